The number of hydrogen-bond acceptors (Lipinski definition) is 2. The van der Waals surface area contributed by atoms with Crippen LogP contribution in [0.1, 0.15) is 23.7 Å². The maximum Gasteiger partial charge on any atom is 0.275 e. The number of aryl methyl sites for hydroxylation is 1. The Labute approximate surface area is 74.3 Å². The second kappa shape index (κ2) is 2.80. The molecular formula is C9H8FNO2. The minimum atomic E-state index is -1.16. The topological polar surface area (TPSA) is 43.1 Å². The molecular weight excluding hydrogens is 173 g/mol. The summed E-state index contributed by atoms with van der Waals surface area (Å²) in [6.45, 7) is 0. The quantitative estimate of drug-likeness (QED) is 0.493. The average molecular weight is 181 g/mol. The van der Waals surface area contributed by atoms with Crippen molar-refractivity contribution in [3.8, 4) is 0 Å². The molecule has 0 radical (unpaired) electrons. The van der Waals surface area contributed by atoms with Gasteiger partial charge in [-0.05, 0) is 18.4 Å². The highest BCUT2D eigenvalue weighted by Gasteiger charge is 2.29. The van der Waals surface area contributed by atoms with Crippen molar-refractivity contribution in [1.29, 1.82) is 0 Å². The number of hydrogen-bond donors (Lipinski definition) is 0. The summed E-state index contributed by atoms with van der Waals surface area (Å²) in [7, 11) is 0. The van der Waals surface area contributed by atoms with Crippen LogP contribution in [-0.4, -0.2) is 4.92 Å². The van der Waals surface area contributed by atoms with E-state index in [1.165, 1.54) is 6.07 Å². The van der Waals surface area contributed by atoms with Gasteiger partial charge >= 0.3 is 0 Å². The molecule has 0 bridgehead atoms. The van der Waals surface area contributed by atoms with Crippen LogP contribution in [0.2, 0.25) is 0 Å². The minimum Gasteiger partial charge on any atom is -0.258 e. The summed E-state index contributed by atoms with van der Waals surface area (Å²) in [5.74, 6) is 0. The van der Waals surface area contributed by atoms with E-state index in [9.17, 15) is 14.5 Å². The molecule has 1 atom stereocenters. The number of fused-ring (bicyclic) bond motifs is 1. The van der Waals surface area contributed by atoms with Crippen molar-refractivity contribution in [3.63, 3.8) is 0 Å². The first-order valence-corrected chi connectivity index (χ1v) is 4.10. The summed E-state index contributed by atoms with van der Waals surface area (Å²) in [4.78, 5) is 10.0. The maximum absolute atomic E-state index is 13.2. The monoisotopic (exact) mass is 181 g/mol. The lowest BCUT2D eigenvalue weighted by molar-refractivity contribution is -0.385. The molecule has 0 fully saturated rings. The molecule has 1 unspecified atom stereocenters. The molecule has 4 heteroatoms. The molecule has 0 amide bonds. The summed E-state index contributed by atoms with van der Waals surface area (Å²) in [5.41, 5.74) is 0.983. The van der Waals surface area contributed by atoms with E-state index in [0.29, 0.717) is 12.8 Å². The molecule has 1 aromatic rings. The van der Waals surface area contributed by atoms with Crippen LogP contribution in [-0.2, 0) is 6.42 Å². The number of rotatable bonds is 1. The summed E-state index contributed by atoms with van der Waals surface area (Å²) >= 11 is 0. The summed E-state index contributed by atoms with van der Waals surface area (Å²) in [6.07, 6.45) is -0.171. The molecule has 1 aliphatic rings. The molecule has 2 rings (SSSR count). The molecule has 1 aromatic carbocycles. The Morgan fingerprint density at radius 1 is 1.54 bits per heavy atom. The van der Waals surface area contributed by atoms with E-state index in [1.54, 1.807) is 12.1 Å². The van der Waals surface area contributed by atoms with Crippen LogP contribution < -0.4 is 0 Å². The van der Waals surface area contributed by atoms with Crippen LogP contribution in [0.15, 0.2) is 18.2 Å². The van der Waals surface area contributed by atoms with Crippen LogP contribution in [0.25, 0.3) is 0 Å². The Morgan fingerprint density at radius 2 is 2.31 bits per heavy atom. The van der Waals surface area contributed by atoms with Gasteiger partial charge in [0.2, 0.25) is 0 Å². The van der Waals surface area contributed by atoms with Gasteiger partial charge in [-0.25, -0.2) is 4.39 Å². The summed E-state index contributed by atoms with van der Waals surface area (Å²) < 4.78 is 13.2. The molecule has 0 aromatic heterocycles. The summed E-state index contributed by atoms with van der Waals surface area (Å²) in [6, 6.07) is 4.72. The smallest absolute Gasteiger partial charge is 0.258 e. The first kappa shape index (κ1) is 8.16. The predicted molar refractivity (Wildman–Crippen MR) is 45.3 cm³/mol. The Bertz CT molecular complexity index is 365. The third kappa shape index (κ3) is 1.18. The van der Waals surface area contributed by atoms with E-state index in [2.05, 4.69) is 0 Å². The van der Waals surface area contributed by atoms with Gasteiger partial charge in [0.15, 0.2) is 0 Å². The van der Waals surface area contributed by atoms with Gasteiger partial charge in [-0.15, -0.1) is 0 Å². The first-order chi connectivity index (χ1) is 6.20. The van der Waals surface area contributed by atoms with E-state index in [-0.39, 0.29) is 11.3 Å². The Kier molecular flexibility index (Phi) is 1.76. The molecule has 13 heavy (non-hydrogen) atoms. The fourth-order valence-electron chi connectivity index (χ4n) is 1.76. The highest BCUT2D eigenvalue weighted by Crippen LogP contribution is 2.39. The fraction of sp³-hybridized carbons (Fsp3) is 0.333. The maximum atomic E-state index is 13.2. The molecule has 0 heterocycles. The third-order valence-electron chi connectivity index (χ3n) is 2.35. The van der Waals surface area contributed by atoms with Gasteiger partial charge < -0.3 is 0 Å². The average Bonchev–Trinajstić information content (AvgIpc) is 2.48. The zero-order valence-electron chi connectivity index (χ0n) is 6.87. The zero-order valence-corrected chi connectivity index (χ0v) is 6.87. The molecule has 0 saturated heterocycles. The highest BCUT2D eigenvalue weighted by molar-refractivity contribution is 5.49. The molecule has 0 spiro atoms. The van der Waals surface area contributed by atoms with Crippen molar-refractivity contribution in [2.75, 3.05) is 0 Å². The first-order valence-electron chi connectivity index (χ1n) is 4.10. The van der Waals surface area contributed by atoms with E-state index in [1.807, 2.05) is 0 Å². The fourth-order valence-corrected chi connectivity index (χ4v) is 1.76. The lowest BCUT2D eigenvalue weighted by Crippen LogP contribution is -1.95. The molecule has 68 valence electrons. The van der Waals surface area contributed by atoms with Gasteiger partial charge in [-0.2, -0.15) is 0 Å². The Balaban J connectivity index is 2.60. The van der Waals surface area contributed by atoms with Gasteiger partial charge in [-0.3, -0.25) is 10.1 Å². The lowest BCUT2D eigenvalue weighted by atomic mass is 10.1. The zero-order chi connectivity index (χ0) is 9.42. The minimum absolute atomic E-state index is 0.0810. The standard InChI is InChI=1S/C9H8FNO2/c10-7-5-4-6-2-1-3-8(9(6)7)11(12)13/h1-3,7H,4-5H2. The van der Waals surface area contributed by atoms with Crippen molar-refractivity contribution >= 4 is 5.69 Å². The van der Waals surface area contributed by atoms with Crippen LogP contribution in [0.4, 0.5) is 10.1 Å². The van der Waals surface area contributed by atoms with Gasteiger partial charge in [0.25, 0.3) is 5.69 Å². The molecule has 0 aliphatic heterocycles. The molecule has 0 N–H and O–H groups in total. The second-order valence-electron chi connectivity index (χ2n) is 3.11. The number of nitro groups is 1. The Morgan fingerprint density at radius 3 is 3.00 bits per heavy atom. The van der Waals surface area contributed by atoms with Crippen LogP contribution in [0, 0.1) is 10.1 Å². The SMILES string of the molecule is O=[N+]([O-])c1cccc2c1C(F)CC2. The molecule has 1 aliphatic carbocycles. The van der Waals surface area contributed by atoms with E-state index in [0.717, 1.165) is 5.56 Å². The van der Waals surface area contributed by atoms with E-state index >= 15 is 0 Å². The van der Waals surface area contributed by atoms with Crippen molar-refractivity contribution in [1.82, 2.24) is 0 Å². The largest absolute Gasteiger partial charge is 0.275 e. The number of alkyl halides is 1. The number of halogens is 1. The van der Waals surface area contributed by atoms with Crippen molar-refractivity contribution in [2.24, 2.45) is 0 Å². The summed E-state index contributed by atoms with van der Waals surface area (Å²) in [5, 5.41) is 10.5. The number of benzene rings is 1. The van der Waals surface area contributed by atoms with Crippen LogP contribution in [0.3, 0.4) is 0 Å². The lowest BCUT2D eigenvalue weighted by Gasteiger charge is -2.01. The van der Waals surface area contributed by atoms with Gasteiger partial charge in [0, 0.05) is 6.07 Å². The Hall–Kier alpha value is -1.45. The second-order valence-corrected chi connectivity index (χ2v) is 3.11. The predicted octanol–water partition coefficient (Wildman–Crippen LogP) is 2.55. The van der Waals surface area contributed by atoms with Gasteiger partial charge in [0.05, 0.1) is 10.5 Å². The van der Waals surface area contributed by atoms with Gasteiger partial charge in [-0.1, -0.05) is 12.1 Å². The van der Waals surface area contributed by atoms with Crippen molar-refractivity contribution in [3.05, 3.63) is 39.4 Å². The van der Waals surface area contributed by atoms with Gasteiger partial charge in [0.1, 0.15) is 6.17 Å². The highest BCUT2D eigenvalue weighted by atomic mass is 19.1. The van der Waals surface area contributed by atoms with Crippen LogP contribution >= 0.6 is 0 Å². The third-order valence-corrected chi connectivity index (χ3v) is 2.35. The van der Waals surface area contributed by atoms with E-state index in [4.69, 9.17) is 0 Å². The molecule has 0 saturated carbocycles. The molecule has 3 nitrogen and oxygen atoms in total. The van der Waals surface area contributed by atoms with Crippen LogP contribution in [0.5, 0.6) is 0 Å². The normalized spacial score (nSPS) is 19.9. The number of nitro benzene ring substituents is 1. The number of nitrogens with zero attached hydrogens (tertiary/aromatic N) is 1. The van der Waals surface area contributed by atoms with E-state index < -0.39 is 11.1 Å². The van der Waals surface area contributed by atoms with Crippen molar-refractivity contribution < 1.29 is 9.31 Å². The van der Waals surface area contributed by atoms with Crippen molar-refractivity contribution in [2.45, 2.75) is 19.0 Å².